The summed E-state index contributed by atoms with van der Waals surface area (Å²) in [7, 11) is 0. The monoisotopic (exact) mass is 231 g/mol. The molecule has 0 aliphatic rings. The number of halogens is 2. The van der Waals surface area contributed by atoms with Gasteiger partial charge in [-0.3, -0.25) is 0 Å². The quantitative estimate of drug-likeness (QED) is 0.810. The lowest BCUT2D eigenvalue weighted by Gasteiger charge is -2.13. The van der Waals surface area contributed by atoms with Crippen LogP contribution in [0.1, 0.15) is 13.3 Å². The van der Waals surface area contributed by atoms with E-state index in [4.69, 9.17) is 23.2 Å². The third kappa shape index (κ3) is 3.16. The molecule has 1 atom stereocenters. The predicted molar refractivity (Wildman–Crippen MR) is 60.0 cm³/mol. The summed E-state index contributed by atoms with van der Waals surface area (Å²) >= 11 is 11.5. The van der Waals surface area contributed by atoms with Crippen LogP contribution in [0.2, 0.25) is 10.3 Å². The van der Waals surface area contributed by atoms with Crippen molar-refractivity contribution in [2.75, 3.05) is 5.32 Å². The van der Waals surface area contributed by atoms with E-state index in [1.54, 1.807) is 6.07 Å². The highest BCUT2D eigenvalue weighted by Gasteiger charge is 2.06. The Hall–Kier alpha value is -0.800. The van der Waals surface area contributed by atoms with Gasteiger partial charge in [0.05, 0.1) is 5.69 Å². The Bertz CT molecular complexity index is 328. The summed E-state index contributed by atoms with van der Waals surface area (Å²) in [5, 5.41) is 11.1. The second-order valence-electron chi connectivity index (χ2n) is 2.94. The van der Waals surface area contributed by atoms with Crippen molar-refractivity contribution in [2.24, 2.45) is 0 Å². The molecule has 3 nitrogen and oxygen atoms in total. The van der Waals surface area contributed by atoms with Crippen LogP contribution < -0.4 is 5.32 Å². The Morgan fingerprint density at radius 3 is 2.93 bits per heavy atom. The van der Waals surface area contributed by atoms with Gasteiger partial charge in [0.1, 0.15) is 0 Å². The zero-order valence-corrected chi connectivity index (χ0v) is 9.31. The summed E-state index contributed by atoms with van der Waals surface area (Å²) in [5.74, 6) is 0. The Kier molecular flexibility index (Phi) is 4.17. The van der Waals surface area contributed by atoms with Gasteiger partial charge in [-0.1, -0.05) is 29.3 Å². The highest BCUT2D eigenvalue weighted by atomic mass is 35.5. The third-order valence-corrected chi connectivity index (χ3v) is 2.11. The van der Waals surface area contributed by atoms with Crippen molar-refractivity contribution in [1.29, 1.82) is 0 Å². The van der Waals surface area contributed by atoms with Gasteiger partial charge in [0, 0.05) is 12.1 Å². The van der Waals surface area contributed by atoms with Crippen LogP contribution in [0.3, 0.4) is 0 Å². The normalized spacial score (nSPS) is 12.2. The minimum atomic E-state index is 0.241. The number of hydrogen-bond donors (Lipinski definition) is 1. The molecule has 0 bridgehead atoms. The molecule has 1 N–H and O–H groups in total. The molecule has 0 amide bonds. The second-order valence-corrected chi connectivity index (χ2v) is 3.69. The highest BCUT2D eigenvalue weighted by Crippen LogP contribution is 2.21. The topological polar surface area (TPSA) is 37.8 Å². The van der Waals surface area contributed by atoms with E-state index >= 15 is 0 Å². The Morgan fingerprint density at radius 1 is 1.57 bits per heavy atom. The van der Waals surface area contributed by atoms with Crippen molar-refractivity contribution in [3.63, 3.8) is 0 Å². The van der Waals surface area contributed by atoms with Gasteiger partial charge in [0.25, 0.3) is 0 Å². The maximum atomic E-state index is 5.82. The molecule has 0 aliphatic heterocycles. The van der Waals surface area contributed by atoms with E-state index in [-0.39, 0.29) is 6.04 Å². The van der Waals surface area contributed by atoms with E-state index in [2.05, 4.69) is 22.1 Å². The lowest BCUT2D eigenvalue weighted by molar-refractivity contribution is 0.811. The molecule has 14 heavy (non-hydrogen) atoms. The van der Waals surface area contributed by atoms with Crippen LogP contribution in [0.4, 0.5) is 5.69 Å². The lowest BCUT2D eigenvalue weighted by atomic mass is 10.2. The first-order valence-corrected chi connectivity index (χ1v) is 4.95. The average molecular weight is 232 g/mol. The molecule has 1 aromatic rings. The van der Waals surface area contributed by atoms with E-state index in [1.165, 1.54) is 0 Å². The van der Waals surface area contributed by atoms with Gasteiger partial charge in [0.2, 0.25) is 0 Å². The Labute approximate surface area is 93.1 Å². The molecule has 0 spiro atoms. The zero-order chi connectivity index (χ0) is 10.6. The number of nitrogens with one attached hydrogen (secondary N) is 1. The first kappa shape index (κ1) is 11.3. The molecular formula is C9H11Cl2N3. The van der Waals surface area contributed by atoms with E-state index in [0.29, 0.717) is 16.0 Å². The third-order valence-electron chi connectivity index (χ3n) is 1.64. The largest absolute Gasteiger partial charge is 0.380 e. The lowest BCUT2D eigenvalue weighted by Crippen LogP contribution is -2.14. The molecule has 5 heteroatoms. The summed E-state index contributed by atoms with van der Waals surface area (Å²) in [6, 6.07) is 1.89. The van der Waals surface area contributed by atoms with Crippen LogP contribution >= 0.6 is 23.2 Å². The first-order valence-electron chi connectivity index (χ1n) is 4.19. The smallest absolute Gasteiger partial charge is 0.174 e. The van der Waals surface area contributed by atoms with Crippen LogP contribution in [0.5, 0.6) is 0 Å². The first-order chi connectivity index (χ1) is 6.63. The van der Waals surface area contributed by atoms with Crippen LogP contribution in [0, 0.1) is 0 Å². The maximum Gasteiger partial charge on any atom is 0.174 e. The summed E-state index contributed by atoms with van der Waals surface area (Å²) in [6.45, 7) is 5.68. The summed E-state index contributed by atoms with van der Waals surface area (Å²) < 4.78 is 0. The van der Waals surface area contributed by atoms with Gasteiger partial charge < -0.3 is 5.32 Å². The maximum absolute atomic E-state index is 5.82. The van der Waals surface area contributed by atoms with Crippen molar-refractivity contribution >= 4 is 28.9 Å². The number of aromatic nitrogens is 2. The molecule has 1 unspecified atom stereocenters. The van der Waals surface area contributed by atoms with E-state index in [9.17, 15) is 0 Å². The van der Waals surface area contributed by atoms with Gasteiger partial charge in [0.15, 0.2) is 10.3 Å². The molecule has 0 aliphatic carbocycles. The zero-order valence-electron chi connectivity index (χ0n) is 7.80. The number of hydrogen-bond acceptors (Lipinski definition) is 3. The summed E-state index contributed by atoms with van der Waals surface area (Å²) in [4.78, 5) is 0. The molecule has 0 radical (unpaired) electrons. The van der Waals surface area contributed by atoms with Crippen molar-refractivity contribution in [2.45, 2.75) is 19.4 Å². The minimum absolute atomic E-state index is 0.241. The molecule has 0 saturated heterocycles. The van der Waals surface area contributed by atoms with Gasteiger partial charge in [-0.25, -0.2) is 0 Å². The molecule has 0 fully saturated rings. The fraction of sp³-hybridized carbons (Fsp3) is 0.333. The fourth-order valence-electron chi connectivity index (χ4n) is 1.03. The molecule has 1 heterocycles. The molecule has 0 saturated carbocycles. The molecule has 76 valence electrons. The van der Waals surface area contributed by atoms with E-state index in [1.807, 2.05) is 13.0 Å². The number of rotatable bonds is 4. The second kappa shape index (κ2) is 5.17. The number of anilines is 1. The van der Waals surface area contributed by atoms with Gasteiger partial charge in [-0.15, -0.1) is 16.8 Å². The van der Waals surface area contributed by atoms with E-state index < -0.39 is 0 Å². The van der Waals surface area contributed by atoms with Gasteiger partial charge >= 0.3 is 0 Å². The van der Waals surface area contributed by atoms with Crippen LogP contribution in [-0.4, -0.2) is 16.2 Å². The van der Waals surface area contributed by atoms with Crippen molar-refractivity contribution in [1.82, 2.24) is 10.2 Å². The standard InChI is InChI=1S/C9H11Cl2N3/c1-3-4-6(2)12-7-5-8(10)13-14-9(7)11/h3,5-6H,1,4H2,2H3,(H,12,13). The van der Waals surface area contributed by atoms with Crippen LogP contribution in [0.25, 0.3) is 0 Å². The SMILES string of the molecule is C=CCC(C)Nc1cc(Cl)nnc1Cl. The summed E-state index contributed by atoms with van der Waals surface area (Å²) in [5.41, 5.74) is 0.695. The molecule has 0 aromatic carbocycles. The average Bonchev–Trinajstić information content (AvgIpc) is 2.12. The fourth-order valence-corrected chi connectivity index (χ4v) is 1.32. The van der Waals surface area contributed by atoms with Crippen molar-refractivity contribution in [3.8, 4) is 0 Å². The van der Waals surface area contributed by atoms with Gasteiger partial charge in [-0.05, 0) is 13.3 Å². The predicted octanol–water partition coefficient (Wildman–Crippen LogP) is 3.16. The Morgan fingerprint density at radius 2 is 2.29 bits per heavy atom. The number of nitrogens with zero attached hydrogens (tertiary/aromatic N) is 2. The Balaban J connectivity index is 2.74. The molecule has 1 rings (SSSR count). The minimum Gasteiger partial charge on any atom is -0.380 e. The molecule has 1 aromatic heterocycles. The van der Waals surface area contributed by atoms with E-state index in [0.717, 1.165) is 6.42 Å². The van der Waals surface area contributed by atoms with Crippen LogP contribution in [-0.2, 0) is 0 Å². The van der Waals surface area contributed by atoms with Crippen LogP contribution in [0.15, 0.2) is 18.7 Å². The van der Waals surface area contributed by atoms with Crippen molar-refractivity contribution in [3.05, 3.63) is 29.0 Å². The highest BCUT2D eigenvalue weighted by molar-refractivity contribution is 6.33. The van der Waals surface area contributed by atoms with Crippen molar-refractivity contribution < 1.29 is 0 Å². The van der Waals surface area contributed by atoms with Gasteiger partial charge in [-0.2, -0.15) is 0 Å². The molecular weight excluding hydrogens is 221 g/mol. The summed E-state index contributed by atoms with van der Waals surface area (Å²) in [6.07, 6.45) is 2.68.